The normalized spacial score (nSPS) is 11.4. The van der Waals surface area contributed by atoms with Crippen LogP contribution in [0, 0.1) is 0 Å². The number of benzene rings is 1. The van der Waals surface area contributed by atoms with Gasteiger partial charge in [-0.1, -0.05) is 6.07 Å². The van der Waals surface area contributed by atoms with Crippen LogP contribution in [0.4, 0.5) is 5.69 Å². The van der Waals surface area contributed by atoms with Crippen molar-refractivity contribution in [3.8, 4) is 5.75 Å². The van der Waals surface area contributed by atoms with E-state index in [4.69, 9.17) is 4.74 Å². The van der Waals surface area contributed by atoms with E-state index in [9.17, 15) is 4.79 Å². The lowest BCUT2D eigenvalue weighted by molar-refractivity contribution is -0.114. The second kappa shape index (κ2) is 12.3. The molecule has 3 N–H and O–H groups in total. The van der Waals surface area contributed by atoms with Crippen LogP contribution in [0.3, 0.4) is 0 Å². The van der Waals surface area contributed by atoms with Crippen LogP contribution in [-0.2, 0) is 11.3 Å². The maximum atomic E-state index is 11.3. The highest BCUT2D eigenvalue weighted by molar-refractivity contribution is 14.0. The lowest BCUT2D eigenvalue weighted by atomic mass is 10.2. The van der Waals surface area contributed by atoms with Gasteiger partial charge in [0.25, 0.3) is 0 Å². The highest BCUT2D eigenvalue weighted by Gasteiger charge is 2.16. The number of amides is 1. The van der Waals surface area contributed by atoms with Gasteiger partial charge in [-0.25, -0.2) is 4.99 Å². The Hall–Kier alpha value is -1.16. The number of halogens is 1. The van der Waals surface area contributed by atoms with Crippen LogP contribution in [0.5, 0.6) is 5.75 Å². The molecule has 0 aliphatic rings. The summed E-state index contributed by atoms with van der Waals surface area (Å²) in [5, 5.41) is 9.41. The molecule has 0 aliphatic carbocycles. The SMILES string of the molecule is CCNC(=NCc1ccc(OC)c(NC(C)=O)c1)NCC(C)(C)SC.I. The molecule has 0 heterocycles. The molecule has 1 rings (SSSR count). The summed E-state index contributed by atoms with van der Waals surface area (Å²) in [6.07, 6.45) is 2.10. The third-order valence-corrected chi connectivity index (χ3v) is 4.82. The molecule has 0 atom stereocenters. The van der Waals surface area contributed by atoms with E-state index in [1.165, 1.54) is 6.92 Å². The van der Waals surface area contributed by atoms with Crippen LogP contribution in [0.15, 0.2) is 23.2 Å². The molecule has 0 fully saturated rings. The molecule has 0 saturated heterocycles. The van der Waals surface area contributed by atoms with Gasteiger partial charge in [-0.2, -0.15) is 11.8 Å². The summed E-state index contributed by atoms with van der Waals surface area (Å²) in [5.74, 6) is 1.28. The van der Waals surface area contributed by atoms with Crippen molar-refractivity contribution in [1.29, 1.82) is 0 Å². The van der Waals surface area contributed by atoms with Crippen molar-refractivity contribution < 1.29 is 9.53 Å². The van der Waals surface area contributed by atoms with Gasteiger partial charge in [0, 0.05) is 24.8 Å². The van der Waals surface area contributed by atoms with Crippen molar-refractivity contribution in [2.75, 3.05) is 31.8 Å². The van der Waals surface area contributed by atoms with Crippen molar-refractivity contribution in [3.63, 3.8) is 0 Å². The van der Waals surface area contributed by atoms with E-state index in [1.54, 1.807) is 7.11 Å². The van der Waals surface area contributed by atoms with E-state index in [-0.39, 0.29) is 34.6 Å². The fraction of sp³-hybridized carbons (Fsp3) is 0.556. The highest BCUT2D eigenvalue weighted by Crippen LogP contribution is 2.25. The molecule has 148 valence electrons. The van der Waals surface area contributed by atoms with E-state index in [1.807, 2.05) is 36.9 Å². The number of rotatable bonds is 8. The van der Waals surface area contributed by atoms with Crippen LogP contribution in [0.2, 0.25) is 0 Å². The Kier molecular flexibility index (Phi) is 11.7. The molecule has 0 aliphatic heterocycles. The topological polar surface area (TPSA) is 74.8 Å². The maximum Gasteiger partial charge on any atom is 0.221 e. The van der Waals surface area contributed by atoms with Gasteiger partial charge in [-0.15, -0.1) is 24.0 Å². The molecule has 1 aromatic carbocycles. The van der Waals surface area contributed by atoms with Gasteiger partial charge in [0.1, 0.15) is 5.75 Å². The van der Waals surface area contributed by atoms with Gasteiger partial charge >= 0.3 is 0 Å². The molecular weight excluding hydrogens is 463 g/mol. The first kappa shape index (κ1) is 24.8. The Morgan fingerprint density at radius 1 is 1.31 bits per heavy atom. The smallest absolute Gasteiger partial charge is 0.221 e. The molecule has 0 radical (unpaired) electrons. The van der Waals surface area contributed by atoms with Crippen molar-refractivity contribution in [2.24, 2.45) is 4.99 Å². The average molecular weight is 494 g/mol. The summed E-state index contributed by atoms with van der Waals surface area (Å²) in [6, 6.07) is 5.68. The number of hydrogen-bond acceptors (Lipinski definition) is 4. The average Bonchev–Trinajstić information content (AvgIpc) is 2.57. The van der Waals surface area contributed by atoms with Gasteiger partial charge in [0.2, 0.25) is 5.91 Å². The number of anilines is 1. The van der Waals surface area contributed by atoms with E-state index in [2.05, 4.69) is 41.0 Å². The molecule has 0 aromatic heterocycles. The van der Waals surface area contributed by atoms with Crippen molar-refractivity contribution >= 4 is 53.3 Å². The van der Waals surface area contributed by atoms with Gasteiger partial charge in [-0.05, 0) is 44.7 Å². The zero-order valence-electron chi connectivity index (χ0n) is 16.4. The number of methoxy groups -OCH3 is 1. The lowest BCUT2D eigenvalue weighted by Crippen LogP contribution is -2.43. The predicted octanol–water partition coefficient (Wildman–Crippen LogP) is 3.47. The van der Waals surface area contributed by atoms with Crippen LogP contribution >= 0.6 is 35.7 Å². The van der Waals surface area contributed by atoms with Crippen LogP contribution in [0.1, 0.15) is 33.3 Å². The van der Waals surface area contributed by atoms with E-state index >= 15 is 0 Å². The Balaban J connectivity index is 0.00000625. The monoisotopic (exact) mass is 494 g/mol. The van der Waals surface area contributed by atoms with Crippen molar-refractivity contribution in [1.82, 2.24) is 10.6 Å². The summed E-state index contributed by atoms with van der Waals surface area (Å²) >= 11 is 1.81. The molecule has 0 bridgehead atoms. The minimum atomic E-state index is -0.131. The first-order valence-electron chi connectivity index (χ1n) is 8.33. The van der Waals surface area contributed by atoms with E-state index < -0.39 is 0 Å². The third kappa shape index (κ3) is 8.98. The van der Waals surface area contributed by atoms with Gasteiger partial charge in [0.15, 0.2) is 5.96 Å². The molecular formula is C18H31IN4O2S. The minimum Gasteiger partial charge on any atom is -0.495 e. The van der Waals surface area contributed by atoms with Crippen molar-refractivity contribution in [2.45, 2.75) is 39.0 Å². The van der Waals surface area contributed by atoms with Gasteiger partial charge < -0.3 is 20.7 Å². The van der Waals surface area contributed by atoms with Crippen LogP contribution < -0.4 is 20.7 Å². The summed E-state index contributed by atoms with van der Waals surface area (Å²) < 4.78 is 5.41. The Morgan fingerprint density at radius 3 is 2.54 bits per heavy atom. The summed E-state index contributed by atoms with van der Waals surface area (Å²) in [4.78, 5) is 16.0. The molecule has 0 spiro atoms. The van der Waals surface area contributed by atoms with Gasteiger partial charge in [-0.3, -0.25) is 4.79 Å². The molecule has 8 heteroatoms. The standard InChI is InChI=1S/C18H30N4O2S.HI/c1-7-19-17(21-12-18(3,4)25-6)20-11-14-8-9-16(24-5)15(10-14)22-13(2)23;/h8-10H,7,11-12H2,1-6H3,(H,22,23)(H2,19,20,21);1H. The molecule has 6 nitrogen and oxygen atoms in total. The number of guanidine groups is 1. The summed E-state index contributed by atoms with van der Waals surface area (Å²) in [5.41, 5.74) is 1.65. The second-order valence-corrected chi connectivity index (χ2v) is 7.74. The first-order valence-corrected chi connectivity index (χ1v) is 9.55. The van der Waals surface area contributed by atoms with Crippen LogP contribution in [0.25, 0.3) is 0 Å². The quantitative estimate of drug-likeness (QED) is 0.293. The fourth-order valence-corrected chi connectivity index (χ4v) is 2.24. The van der Waals surface area contributed by atoms with Gasteiger partial charge in [0.05, 0.1) is 19.3 Å². The molecule has 1 amide bonds. The zero-order chi connectivity index (χ0) is 18.9. The third-order valence-electron chi connectivity index (χ3n) is 3.57. The number of carbonyl (C=O) groups is 1. The van der Waals surface area contributed by atoms with Crippen molar-refractivity contribution in [3.05, 3.63) is 23.8 Å². The number of ether oxygens (including phenoxy) is 1. The highest BCUT2D eigenvalue weighted by atomic mass is 127. The maximum absolute atomic E-state index is 11.3. The van der Waals surface area contributed by atoms with E-state index in [0.717, 1.165) is 24.6 Å². The minimum absolute atomic E-state index is 0. The number of hydrogen-bond donors (Lipinski definition) is 3. The Bertz CT molecular complexity index is 609. The van der Waals surface area contributed by atoms with Crippen LogP contribution in [-0.4, -0.2) is 43.1 Å². The number of thioether (sulfide) groups is 1. The number of nitrogens with zero attached hydrogens (tertiary/aromatic N) is 1. The summed E-state index contributed by atoms with van der Waals surface area (Å²) in [7, 11) is 1.58. The molecule has 1 aromatic rings. The molecule has 0 unspecified atom stereocenters. The zero-order valence-corrected chi connectivity index (χ0v) is 19.6. The largest absolute Gasteiger partial charge is 0.495 e. The molecule has 0 saturated carbocycles. The predicted molar refractivity (Wildman–Crippen MR) is 123 cm³/mol. The number of carbonyl (C=O) groups excluding carboxylic acids is 1. The Morgan fingerprint density at radius 2 is 2.00 bits per heavy atom. The number of nitrogens with one attached hydrogen (secondary N) is 3. The summed E-state index contributed by atoms with van der Waals surface area (Å²) in [6.45, 7) is 10.0. The Labute approximate surface area is 178 Å². The lowest BCUT2D eigenvalue weighted by Gasteiger charge is -2.23. The second-order valence-electron chi connectivity index (χ2n) is 6.23. The first-order chi connectivity index (χ1) is 11.8. The molecule has 26 heavy (non-hydrogen) atoms. The van der Waals surface area contributed by atoms with E-state index in [0.29, 0.717) is 18.0 Å². The number of aliphatic imine (C=N–C) groups is 1. The fourth-order valence-electron chi connectivity index (χ4n) is 2.02.